The number of nitrogens with two attached hydrogens (primary N) is 1. The van der Waals surface area contributed by atoms with Gasteiger partial charge in [0.1, 0.15) is 0 Å². The fraction of sp³-hybridized carbons (Fsp3) is 0.500. The average molecular weight is 304 g/mol. The summed E-state index contributed by atoms with van der Waals surface area (Å²) in [6.07, 6.45) is 1.80. The van der Waals surface area contributed by atoms with Gasteiger partial charge < -0.3 is 15.6 Å². The number of halogens is 2. The van der Waals surface area contributed by atoms with Crippen molar-refractivity contribution in [2.45, 2.75) is 31.2 Å². The van der Waals surface area contributed by atoms with Crippen LogP contribution in [0.4, 0.5) is 4.39 Å². The Kier molecular flexibility index (Phi) is 3.08. The lowest BCUT2D eigenvalue weighted by Gasteiger charge is -2.22. The molecule has 17 heavy (non-hydrogen) atoms. The molecule has 1 saturated carbocycles. The van der Waals surface area contributed by atoms with E-state index in [2.05, 4.69) is 15.9 Å². The number of phenolic OH excluding ortho intramolecular Hbond substituents is 1. The summed E-state index contributed by atoms with van der Waals surface area (Å²) in [6, 6.07) is 1.51. The summed E-state index contributed by atoms with van der Waals surface area (Å²) in [6.45, 7) is 1.90. The van der Waals surface area contributed by atoms with E-state index in [9.17, 15) is 9.50 Å². The molecule has 1 atom stereocenters. The number of methoxy groups -OCH3 is 1. The van der Waals surface area contributed by atoms with Crippen molar-refractivity contribution in [3.05, 3.63) is 21.9 Å². The molecule has 1 aliphatic rings. The first-order valence-electron chi connectivity index (χ1n) is 5.45. The van der Waals surface area contributed by atoms with E-state index in [1.54, 1.807) is 6.07 Å². The lowest BCUT2D eigenvalue weighted by Crippen LogP contribution is -2.31. The van der Waals surface area contributed by atoms with E-state index in [1.165, 1.54) is 7.11 Å². The van der Waals surface area contributed by atoms with Crippen LogP contribution in [0.15, 0.2) is 10.5 Å². The van der Waals surface area contributed by atoms with E-state index in [4.69, 9.17) is 10.5 Å². The molecule has 0 aromatic heterocycles. The highest BCUT2D eigenvalue weighted by Crippen LogP contribution is 2.55. The zero-order valence-corrected chi connectivity index (χ0v) is 11.3. The lowest BCUT2D eigenvalue weighted by molar-refractivity contribution is 0.343. The van der Waals surface area contributed by atoms with Crippen LogP contribution in [0.2, 0.25) is 0 Å². The van der Waals surface area contributed by atoms with E-state index in [-0.39, 0.29) is 27.4 Å². The van der Waals surface area contributed by atoms with Gasteiger partial charge in [-0.15, -0.1) is 0 Å². The number of phenols is 1. The van der Waals surface area contributed by atoms with Crippen molar-refractivity contribution in [2.75, 3.05) is 7.11 Å². The van der Waals surface area contributed by atoms with E-state index >= 15 is 0 Å². The molecule has 0 saturated heterocycles. The Balaban J connectivity index is 2.60. The maximum Gasteiger partial charge on any atom is 0.198 e. The number of hydrogen-bond acceptors (Lipinski definition) is 3. The zero-order valence-electron chi connectivity index (χ0n) is 9.76. The maximum atomic E-state index is 13.7. The minimum absolute atomic E-state index is 0.0875. The molecule has 2 rings (SSSR count). The van der Waals surface area contributed by atoms with E-state index in [0.29, 0.717) is 5.56 Å². The highest BCUT2D eigenvalue weighted by Gasteiger charge is 2.50. The summed E-state index contributed by atoms with van der Waals surface area (Å²) < 4.78 is 18.9. The predicted octanol–water partition coefficient (Wildman–Crippen LogP) is 2.68. The van der Waals surface area contributed by atoms with Crippen molar-refractivity contribution >= 4 is 15.9 Å². The molecule has 0 aliphatic heterocycles. The van der Waals surface area contributed by atoms with Crippen LogP contribution < -0.4 is 10.5 Å². The fourth-order valence-electron chi connectivity index (χ4n) is 2.26. The van der Waals surface area contributed by atoms with Crippen LogP contribution in [-0.4, -0.2) is 18.3 Å². The first-order valence-corrected chi connectivity index (χ1v) is 6.24. The Morgan fingerprint density at radius 1 is 1.59 bits per heavy atom. The monoisotopic (exact) mass is 303 g/mol. The van der Waals surface area contributed by atoms with Gasteiger partial charge in [0.25, 0.3) is 0 Å². The molecule has 0 radical (unpaired) electrons. The fourth-order valence-corrected chi connectivity index (χ4v) is 2.67. The van der Waals surface area contributed by atoms with Gasteiger partial charge >= 0.3 is 0 Å². The van der Waals surface area contributed by atoms with Crippen LogP contribution in [0, 0.1) is 5.82 Å². The molecule has 1 fully saturated rings. The van der Waals surface area contributed by atoms with Crippen molar-refractivity contribution in [1.29, 1.82) is 0 Å². The first-order chi connectivity index (χ1) is 7.94. The number of hydrogen-bond donors (Lipinski definition) is 2. The van der Waals surface area contributed by atoms with Crippen molar-refractivity contribution in [3.8, 4) is 11.5 Å². The summed E-state index contributed by atoms with van der Waals surface area (Å²) in [5.41, 5.74) is 6.37. The van der Waals surface area contributed by atoms with Crippen LogP contribution in [0.5, 0.6) is 11.5 Å². The molecule has 0 amide bonds. The molecule has 0 spiro atoms. The Morgan fingerprint density at radius 2 is 2.18 bits per heavy atom. The second kappa shape index (κ2) is 4.14. The summed E-state index contributed by atoms with van der Waals surface area (Å²) in [5.74, 6) is -0.849. The third-order valence-corrected chi connectivity index (χ3v) is 4.13. The molecule has 5 heteroatoms. The molecule has 1 aromatic rings. The van der Waals surface area contributed by atoms with E-state index < -0.39 is 5.82 Å². The Hall–Kier alpha value is -0.810. The molecule has 94 valence electrons. The molecule has 1 aromatic carbocycles. The summed E-state index contributed by atoms with van der Waals surface area (Å²) in [4.78, 5) is 0. The highest BCUT2D eigenvalue weighted by atomic mass is 79.9. The van der Waals surface area contributed by atoms with Crippen LogP contribution in [0.3, 0.4) is 0 Å². The second-order valence-electron chi connectivity index (χ2n) is 4.55. The largest absolute Gasteiger partial charge is 0.504 e. The minimum Gasteiger partial charge on any atom is -0.504 e. The van der Waals surface area contributed by atoms with Crippen molar-refractivity contribution < 1.29 is 14.2 Å². The molecular weight excluding hydrogens is 289 g/mol. The number of aromatic hydroxyl groups is 1. The van der Waals surface area contributed by atoms with E-state index in [0.717, 1.165) is 12.8 Å². The van der Waals surface area contributed by atoms with Gasteiger partial charge in [0.05, 0.1) is 11.6 Å². The van der Waals surface area contributed by atoms with Gasteiger partial charge in [0.15, 0.2) is 17.3 Å². The van der Waals surface area contributed by atoms with Crippen LogP contribution >= 0.6 is 15.9 Å². The molecule has 0 heterocycles. The van der Waals surface area contributed by atoms with Gasteiger partial charge in [0, 0.05) is 17.0 Å². The Morgan fingerprint density at radius 3 is 2.59 bits per heavy atom. The highest BCUT2D eigenvalue weighted by molar-refractivity contribution is 9.10. The topological polar surface area (TPSA) is 55.5 Å². The van der Waals surface area contributed by atoms with Crippen molar-refractivity contribution in [2.24, 2.45) is 5.73 Å². The van der Waals surface area contributed by atoms with Gasteiger partial charge in [-0.05, 0) is 41.8 Å². The number of rotatable bonds is 3. The van der Waals surface area contributed by atoms with Crippen molar-refractivity contribution in [1.82, 2.24) is 0 Å². The SMILES string of the molecule is COc1c(O)c(C2(C(C)N)CC2)cc(Br)c1F. The van der Waals surface area contributed by atoms with Gasteiger partial charge in [-0.2, -0.15) is 0 Å². The lowest BCUT2D eigenvalue weighted by atomic mass is 9.88. The molecule has 3 N–H and O–H groups in total. The molecule has 1 aliphatic carbocycles. The number of ether oxygens (including phenoxy) is 1. The standard InChI is InChI=1S/C12H15BrFNO2/c1-6(15)12(3-4-12)7-5-8(13)9(14)11(17-2)10(7)16/h5-6,16H,3-4,15H2,1-2H3. The van der Waals surface area contributed by atoms with Crippen LogP contribution in [0.1, 0.15) is 25.3 Å². The van der Waals surface area contributed by atoms with Crippen molar-refractivity contribution in [3.63, 3.8) is 0 Å². The zero-order chi connectivity index (χ0) is 12.8. The van der Waals surface area contributed by atoms with E-state index in [1.807, 2.05) is 6.92 Å². The average Bonchev–Trinajstić information content (AvgIpc) is 3.05. The Bertz CT molecular complexity index is 458. The minimum atomic E-state index is -0.589. The molecule has 3 nitrogen and oxygen atoms in total. The van der Waals surface area contributed by atoms with Gasteiger partial charge in [-0.25, -0.2) is 4.39 Å². The molecular formula is C12H15BrFNO2. The normalized spacial score (nSPS) is 18.9. The molecule has 1 unspecified atom stereocenters. The van der Waals surface area contributed by atoms with Gasteiger partial charge in [-0.1, -0.05) is 0 Å². The first kappa shape index (κ1) is 12.6. The molecule has 0 bridgehead atoms. The third kappa shape index (κ3) is 1.81. The van der Waals surface area contributed by atoms with Gasteiger partial charge in [-0.3, -0.25) is 0 Å². The van der Waals surface area contributed by atoms with Gasteiger partial charge in [0.2, 0.25) is 0 Å². The maximum absolute atomic E-state index is 13.7. The third-order valence-electron chi connectivity index (χ3n) is 3.55. The summed E-state index contributed by atoms with van der Waals surface area (Å²) in [7, 11) is 1.33. The van der Waals surface area contributed by atoms with Crippen LogP contribution in [-0.2, 0) is 5.41 Å². The predicted molar refractivity (Wildman–Crippen MR) is 66.9 cm³/mol. The smallest absolute Gasteiger partial charge is 0.198 e. The summed E-state index contributed by atoms with van der Waals surface area (Å²) in [5, 5.41) is 10.1. The van der Waals surface area contributed by atoms with Crippen LogP contribution in [0.25, 0.3) is 0 Å². The second-order valence-corrected chi connectivity index (χ2v) is 5.40. The number of benzene rings is 1. The quantitative estimate of drug-likeness (QED) is 0.902. The Labute approximate surface area is 108 Å². The summed E-state index contributed by atoms with van der Waals surface area (Å²) >= 11 is 3.13.